The maximum absolute atomic E-state index is 12.6. The third kappa shape index (κ3) is 3.28. The summed E-state index contributed by atoms with van der Waals surface area (Å²) < 4.78 is 11.1. The summed E-state index contributed by atoms with van der Waals surface area (Å²) in [5.41, 5.74) is 6.52. The SMILES string of the molecule is O=C1NNC(C(=O)NCc2ccc3c(c2)OCCO3)C2CCCCC12. The molecule has 2 aliphatic heterocycles. The summed E-state index contributed by atoms with van der Waals surface area (Å²) in [7, 11) is 0. The Morgan fingerprint density at radius 3 is 2.84 bits per heavy atom. The van der Waals surface area contributed by atoms with Crippen molar-refractivity contribution in [2.45, 2.75) is 38.3 Å². The Morgan fingerprint density at radius 1 is 1.16 bits per heavy atom. The van der Waals surface area contributed by atoms with Crippen molar-refractivity contribution in [1.82, 2.24) is 16.2 Å². The molecule has 2 heterocycles. The topological polar surface area (TPSA) is 88.7 Å². The molecule has 134 valence electrons. The van der Waals surface area contributed by atoms with E-state index >= 15 is 0 Å². The summed E-state index contributed by atoms with van der Waals surface area (Å²) in [4.78, 5) is 24.6. The lowest BCUT2D eigenvalue weighted by molar-refractivity contribution is -0.138. The molecule has 3 aliphatic rings. The van der Waals surface area contributed by atoms with E-state index in [9.17, 15) is 9.59 Å². The highest BCUT2D eigenvalue weighted by molar-refractivity contribution is 5.87. The summed E-state index contributed by atoms with van der Waals surface area (Å²) in [5, 5.41) is 2.97. The van der Waals surface area contributed by atoms with Crippen LogP contribution in [0.25, 0.3) is 0 Å². The van der Waals surface area contributed by atoms with Crippen molar-refractivity contribution < 1.29 is 19.1 Å². The van der Waals surface area contributed by atoms with Crippen LogP contribution in [0.1, 0.15) is 31.2 Å². The average Bonchev–Trinajstić information content (AvgIpc) is 2.66. The van der Waals surface area contributed by atoms with Gasteiger partial charge in [0.05, 0.1) is 0 Å². The van der Waals surface area contributed by atoms with Gasteiger partial charge in [-0.3, -0.25) is 15.0 Å². The van der Waals surface area contributed by atoms with Gasteiger partial charge in [0, 0.05) is 12.5 Å². The van der Waals surface area contributed by atoms with Gasteiger partial charge in [0.2, 0.25) is 11.8 Å². The number of benzene rings is 1. The molecule has 25 heavy (non-hydrogen) atoms. The average molecular weight is 345 g/mol. The second-order valence-electron chi connectivity index (χ2n) is 6.86. The molecule has 4 rings (SSSR count). The Hall–Kier alpha value is -2.28. The van der Waals surface area contributed by atoms with E-state index in [1.54, 1.807) is 0 Å². The van der Waals surface area contributed by atoms with Gasteiger partial charge in [0.25, 0.3) is 0 Å². The van der Waals surface area contributed by atoms with Crippen molar-refractivity contribution >= 4 is 11.8 Å². The van der Waals surface area contributed by atoms with Gasteiger partial charge in [-0.05, 0) is 36.5 Å². The van der Waals surface area contributed by atoms with Crippen LogP contribution in [0.3, 0.4) is 0 Å². The van der Waals surface area contributed by atoms with E-state index in [2.05, 4.69) is 16.2 Å². The van der Waals surface area contributed by atoms with Gasteiger partial charge in [0.15, 0.2) is 11.5 Å². The lowest BCUT2D eigenvalue weighted by atomic mass is 9.73. The highest BCUT2D eigenvalue weighted by Gasteiger charge is 2.42. The number of carbonyl (C=O) groups is 2. The van der Waals surface area contributed by atoms with Crippen LogP contribution in [0.4, 0.5) is 0 Å². The Labute approximate surface area is 146 Å². The molecule has 0 radical (unpaired) electrons. The molecule has 3 N–H and O–H groups in total. The molecule has 2 fully saturated rings. The molecule has 0 spiro atoms. The van der Waals surface area contributed by atoms with E-state index in [4.69, 9.17) is 9.47 Å². The number of rotatable bonds is 3. The van der Waals surface area contributed by atoms with Crippen molar-refractivity contribution in [1.29, 1.82) is 0 Å². The molecular formula is C18H23N3O4. The first kappa shape index (κ1) is 16.2. The number of fused-ring (bicyclic) bond motifs is 2. The van der Waals surface area contributed by atoms with Crippen LogP contribution in [0.5, 0.6) is 11.5 Å². The molecule has 7 nitrogen and oxygen atoms in total. The number of nitrogens with one attached hydrogen (secondary N) is 3. The van der Waals surface area contributed by atoms with Gasteiger partial charge in [-0.2, -0.15) is 0 Å². The zero-order chi connectivity index (χ0) is 17.2. The minimum Gasteiger partial charge on any atom is -0.486 e. The van der Waals surface area contributed by atoms with Crippen LogP contribution >= 0.6 is 0 Å². The molecule has 1 saturated carbocycles. The standard InChI is InChI=1S/C18H23N3O4/c22-17-13-4-2-1-3-12(13)16(20-21-17)18(23)19-10-11-5-6-14-15(9-11)25-8-7-24-14/h5-6,9,12-13,16,20H,1-4,7-8,10H2,(H,19,23)(H,21,22). The van der Waals surface area contributed by atoms with Crippen molar-refractivity contribution in [2.24, 2.45) is 11.8 Å². The molecule has 1 aliphatic carbocycles. The van der Waals surface area contributed by atoms with Gasteiger partial charge in [-0.15, -0.1) is 0 Å². The van der Waals surface area contributed by atoms with E-state index < -0.39 is 0 Å². The van der Waals surface area contributed by atoms with E-state index in [1.807, 2.05) is 18.2 Å². The molecule has 3 unspecified atom stereocenters. The summed E-state index contributed by atoms with van der Waals surface area (Å²) in [6.45, 7) is 1.52. The minimum atomic E-state index is -0.375. The summed E-state index contributed by atoms with van der Waals surface area (Å²) in [5.74, 6) is 1.41. The molecule has 0 bridgehead atoms. The van der Waals surface area contributed by atoms with Gasteiger partial charge >= 0.3 is 0 Å². The quantitative estimate of drug-likeness (QED) is 0.757. The predicted octanol–water partition coefficient (Wildman–Crippen LogP) is 0.883. The molecule has 3 atom stereocenters. The highest BCUT2D eigenvalue weighted by atomic mass is 16.6. The minimum absolute atomic E-state index is 0.0144. The Kier molecular flexibility index (Phi) is 4.48. The van der Waals surface area contributed by atoms with Gasteiger partial charge in [-0.1, -0.05) is 18.9 Å². The van der Waals surface area contributed by atoms with Crippen molar-refractivity contribution in [3.63, 3.8) is 0 Å². The van der Waals surface area contributed by atoms with Crippen molar-refractivity contribution in [3.8, 4) is 11.5 Å². The number of hydrogen-bond donors (Lipinski definition) is 3. The van der Waals surface area contributed by atoms with Crippen LogP contribution in [-0.4, -0.2) is 31.1 Å². The number of hydrogen-bond acceptors (Lipinski definition) is 5. The fraction of sp³-hybridized carbons (Fsp3) is 0.556. The second kappa shape index (κ2) is 6.92. The van der Waals surface area contributed by atoms with Gasteiger partial charge < -0.3 is 14.8 Å². The molecule has 0 aromatic heterocycles. The number of ether oxygens (including phenoxy) is 2. The third-order valence-electron chi connectivity index (χ3n) is 5.29. The summed E-state index contributed by atoms with van der Waals surface area (Å²) in [6, 6.07) is 5.31. The molecule has 2 amide bonds. The van der Waals surface area contributed by atoms with Crippen LogP contribution in [0, 0.1) is 11.8 Å². The third-order valence-corrected chi connectivity index (χ3v) is 5.29. The van der Waals surface area contributed by atoms with E-state index in [1.165, 1.54) is 0 Å². The van der Waals surface area contributed by atoms with Crippen LogP contribution in [-0.2, 0) is 16.1 Å². The first-order chi connectivity index (χ1) is 12.2. The van der Waals surface area contributed by atoms with Crippen molar-refractivity contribution in [2.75, 3.05) is 13.2 Å². The Bertz CT molecular complexity index is 678. The highest BCUT2D eigenvalue weighted by Crippen LogP contribution is 2.34. The zero-order valence-corrected chi connectivity index (χ0v) is 14.0. The molecule has 1 aromatic carbocycles. The molecule has 1 saturated heterocycles. The normalized spacial score (nSPS) is 27.8. The molecule has 1 aromatic rings. The summed E-state index contributed by atoms with van der Waals surface area (Å²) in [6.07, 6.45) is 3.90. The van der Waals surface area contributed by atoms with Crippen LogP contribution < -0.4 is 25.6 Å². The van der Waals surface area contributed by atoms with Gasteiger partial charge in [-0.25, -0.2) is 5.43 Å². The fourth-order valence-corrected chi connectivity index (χ4v) is 3.99. The zero-order valence-electron chi connectivity index (χ0n) is 14.0. The van der Waals surface area contributed by atoms with E-state index in [-0.39, 0.29) is 29.7 Å². The number of amides is 2. The van der Waals surface area contributed by atoms with E-state index in [0.29, 0.717) is 25.5 Å². The Morgan fingerprint density at radius 2 is 1.96 bits per heavy atom. The maximum atomic E-state index is 12.6. The van der Waals surface area contributed by atoms with Crippen molar-refractivity contribution in [3.05, 3.63) is 23.8 Å². The smallest absolute Gasteiger partial charge is 0.239 e. The fourth-order valence-electron chi connectivity index (χ4n) is 3.99. The van der Waals surface area contributed by atoms with Crippen LogP contribution in [0.2, 0.25) is 0 Å². The Balaban J connectivity index is 1.39. The number of carbonyl (C=O) groups excluding carboxylic acids is 2. The summed E-state index contributed by atoms with van der Waals surface area (Å²) >= 11 is 0. The lowest BCUT2D eigenvalue weighted by Crippen LogP contribution is -2.63. The molecule has 7 heteroatoms. The molecular weight excluding hydrogens is 322 g/mol. The largest absolute Gasteiger partial charge is 0.486 e. The van der Waals surface area contributed by atoms with Crippen LogP contribution in [0.15, 0.2) is 18.2 Å². The number of hydrazine groups is 1. The lowest BCUT2D eigenvalue weighted by Gasteiger charge is -2.40. The maximum Gasteiger partial charge on any atom is 0.239 e. The first-order valence-corrected chi connectivity index (χ1v) is 8.94. The second-order valence-corrected chi connectivity index (χ2v) is 6.86. The monoisotopic (exact) mass is 345 g/mol. The predicted molar refractivity (Wildman–Crippen MR) is 89.8 cm³/mol. The van der Waals surface area contributed by atoms with Gasteiger partial charge in [0.1, 0.15) is 19.3 Å². The first-order valence-electron chi connectivity index (χ1n) is 8.94. The van der Waals surface area contributed by atoms with E-state index in [0.717, 1.165) is 37.0 Å².